The number of rotatable bonds is 6. The Morgan fingerprint density at radius 3 is 2.88 bits per heavy atom. The van der Waals surface area contributed by atoms with E-state index in [1.54, 1.807) is 25.3 Å². The molecule has 0 saturated heterocycles. The fourth-order valence-electron chi connectivity index (χ4n) is 2.09. The van der Waals surface area contributed by atoms with Gasteiger partial charge in [0, 0.05) is 16.7 Å². The highest BCUT2D eigenvalue weighted by molar-refractivity contribution is 6.30. The standard InChI is InChI=1S/C16H12ClN3O5/c1-23-12-4-2-3-10(7-12)16-18-15(25-19-16)9-24-14-6-5-11(17)8-13(14)20(21)22/h2-8H,9H2,1H3. The predicted octanol–water partition coefficient (Wildman–Crippen LogP) is 3.89. The zero-order chi connectivity index (χ0) is 17.8. The maximum absolute atomic E-state index is 11.0. The van der Waals surface area contributed by atoms with Crippen LogP contribution >= 0.6 is 11.6 Å². The van der Waals surface area contributed by atoms with Crippen molar-refractivity contribution in [2.75, 3.05) is 7.11 Å². The molecule has 25 heavy (non-hydrogen) atoms. The maximum atomic E-state index is 11.0. The van der Waals surface area contributed by atoms with Crippen molar-refractivity contribution in [3.8, 4) is 22.9 Å². The van der Waals surface area contributed by atoms with Crippen LogP contribution in [0.2, 0.25) is 5.02 Å². The van der Waals surface area contributed by atoms with Crippen LogP contribution in [0, 0.1) is 10.1 Å². The van der Waals surface area contributed by atoms with Crippen LogP contribution < -0.4 is 9.47 Å². The van der Waals surface area contributed by atoms with Gasteiger partial charge in [0.15, 0.2) is 12.4 Å². The fourth-order valence-corrected chi connectivity index (χ4v) is 2.25. The quantitative estimate of drug-likeness (QED) is 0.485. The molecule has 3 aromatic rings. The third kappa shape index (κ3) is 3.86. The number of benzene rings is 2. The summed E-state index contributed by atoms with van der Waals surface area (Å²) in [5.74, 6) is 1.28. The Morgan fingerprint density at radius 1 is 1.28 bits per heavy atom. The first-order valence-electron chi connectivity index (χ1n) is 7.10. The van der Waals surface area contributed by atoms with Gasteiger partial charge in [0.25, 0.3) is 5.89 Å². The first-order chi connectivity index (χ1) is 12.1. The zero-order valence-electron chi connectivity index (χ0n) is 13.0. The molecule has 1 heterocycles. The van der Waals surface area contributed by atoms with Crippen molar-refractivity contribution in [2.24, 2.45) is 0 Å². The molecule has 2 aromatic carbocycles. The van der Waals surface area contributed by atoms with E-state index in [0.29, 0.717) is 17.1 Å². The molecular weight excluding hydrogens is 350 g/mol. The molecular formula is C16H12ClN3O5. The molecule has 0 radical (unpaired) electrons. The highest BCUT2D eigenvalue weighted by Crippen LogP contribution is 2.30. The van der Waals surface area contributed by atoms with E-state index in [2.05, 4.69) is 10.1 Å². The molecule has 0 bridgehead atoms. The number of hydrogen-bond acceptors (Lipinski definition) is 7. The molecule has 8 nitrogen and oxygen atoms in total. The van der Waals surface area contributed by atoms with Gasteiger partial charge in [0.2, 0.25) is 5.82 Å². The summed E-state index contributed by atoms with van der Waals surface area (Å²) in [6.07, 6.45) is 0. The summed E-state index contributed by atoms with van der Waals surface area (Å²) < 4.78 is 15.7. The molecule has 128 valence electrons. The van der Waals surface area contributed by atoms with Crippen LogP contribution in [0.15, 0.2) is 47.0 Å². The number of nitrogens with zero attached hydrogens (tertiary/aromatic N) is 3. The van der Waals surface area contributed by atoms with Gasteiger partial charge in [-0.05, 0) is 24.3 Å². The van der Waals surface area contributed by atoms with Gasteiger partial charge in [-0.25, -0.2) is 0 Å². The third-order valence-electron chi connectivity index (χ3n) is 3.26. The molecule has 3 rings (SSSR count). The van der Waals surface area contributed by atoms with Gasteiger partial charge in [0.1, 0.15) is 5.75 Å². The normalized spacial score (nSPS) is 10.5. The number of nitro benzene ring substituents is 1. The van der Waals surface area contributed by atoms with Crippen molar-refractivity contribution >= 4 is 17.3 Å². The number of hydrogen-bond donors (Lipinski definition) is 0. The van der Waals surface area contributed by atoms with Crippen LogP contribution in [0.1, 0.15) is 5.89 Å². The Labute approximate surface area is 147 Å². The highest BCUT2D eigenvalue weighted by Gasteiger charge is 2.17. The maximum Gasteiger partial charge on any atom is 0.312 e. The van der Waals surface area contributed by atoms with Crippen molar-refractivity contribution in [3.63, 3.8) is 0 Å². The molecule has 0 saturated carbocycles. The summed E-state index contributed by atoms with van der Waals surface area (Å²) in [4.78, 5) is 14.7. The van der Waals surface area contributed by atoms with Gasteiger partial charge >= 0.3 is 5.69 Å². The van der Waals surface area contributed by atoms with E-state index < -0.39 is 4.92 Å². The lowest BCUT2D eigenvalue weighted by Crippen LogP contribution is -1.99. The Kier molecular flexibility index (Phi) is 4.80. The predicted molar refractivity (Wildman–Crippen MR) is 88.7 cm³/mol. The Balaban J connectivity index is 1.75. The Hall–Kier alpha value is -3.13. The van der Waals surface area contributed by atoms with E-state index in [9.17, 15) is 10.1 Å². The van der Waals surface area contributed by atoms with Crippen LogP contribution in [-0.4, -0.2) is 22.2 Å². The number of methoxy groups -OCH3 is 1. The Morgan fingerprint density at radius 2 is 2.12 bits per heavy atom. The molecule has 0 spiro atoms. The third-order valence-corrected chi connectivity index (χ3v) is 3.50. The van der Waals surface area contributed by atoms with E-state index in [1.807, 2.05) is 6.07 Å². The van der Waals surface area contributed by atoms with Gasteiger partial charge in [-0.15, -0.1) is 0 Å². The monoisotopic (exact) mass is 361 g/mol. The molecule has 0 unspecified atom stereocenters. The molecule has 0 atom stereocenters. The molecule has 0 amide bonds. The topological polar surface area (TPSA) is 101 Å². The minimum Gasteiger partial charge on any atom is -0.497 e. The second-order valence-corrected chi connectivity index (χ2v) is 5.34. The highest BCUT2D eigenvalue weighted by atomic mass is 35.5. The van der Waals surface area contributed by atoms with Crippen molar-refractivity contribution < 1.29 is 18.9 Å². The summed E-state index contributed by atoms with van der Waals surface area (Å²) in [5.41, 5.74) is 0.479. The molecule has 1 aromatic heterocycles. The van der Waals surface area contributed by atoms with E-state index in [1.165, 1.54) is 18.2 Å². The van der Waals surface area contributed by atoms with E-state index >= 15 is 0 Å². The first kappa shape index (κ1) is 16.7. The van der Waals surface area contributed by atoms with Crippen LogP contribution in [0.4, 0.5) is 5.69 Å². The lowest BCUT2D eigenvalue weighted by Gasteiger charge is -2.04. The van der Waals surface area contributed by atoms with Crippen molar-refractivity contribution in [3.05, 3.63) is 63.5 Å². The van der Waals surface area contributed by atoms with Crippen LogP contribution in [0.3, 0.4) is 0 Å². The molecule has 9 heteroatoms. The van der Waals surface area contributed by atoms with E-state index in [-0.39, 0.29) is 29.0 Å². The molecule has 0 aliphatic heterocycles. The molecule has 0 fully saturated rings. The number of aromatic nitrogens is 2. The minimum absolute atomic E-state index is 0.0653. The zero-order valence-corrected chi connectivity index (χ0v) is 13.8. The van der Waals surface area contributed by atoms with Crippen LogP contribution in [0.25, 0.3) is 11.4 Å². The second-order valence-electron chi connectivity index (χ2n) is 4.90. The van der Waals surface area contributed by atoms with Crippen molar-refractivity contribution in [1.29, 1.82) is 0 Å². The van der Waals surface area contributed by atoms with Gasteiger partial charge < -0.3 is 14.0 Å². The van der Waals surface area contributed by atoms with Gasteiger partial charge in [-0.2, -0.15) is 4.98 Å². The minimum atomic E-state index is -0.573. The number of nitro groups is 1. The van der Waals surface area contributed by atoms with Gasteiger partial charge in [-0.1, -0.05) is 28.9 Å². The van der Waals surface area contributed by atoms with Crippen molar-refractivity contribution in [1.82, 2.24) is 10.1 Å². The number of halogens is 1. The average Bonchev–Trinajstić information content (AvgIpc) is 3.09. The van der Waals surface area contributed by atoms with Crippen LogP contribution in [-0.2, 0) is 6.61 Å². The lowest BCUT2D eigenvalue weighted by atomic mass is 10.2. The first-order valence-corrected chi connectivity index (χ1v) is 7.48. The molecule has 0 aliphatic carbocycles. The molecule has 0 N–H and O–H groups in total. The summed E-state index contributed by atoms with van der Waals surface area (Å²) >= 11 is 5.76. The van der Waals surface area contributed by atoms with Crippen molar-refractivity contribution in [2.45, 2.75) is 6.61 Å². The Bertz CT molecular complexity index is 912. The lowest BCUT2D eigenvalue weighted by molar-refractivity contribution is -0.385. The molecule has 0 aliphatic rings. The SMILES string of the molecule is COc1cccc(-c2noc(COc3ccc(Cl)cc3[N+](=O)[O-])n2)c1. The summed E-state index contributed by atoms with van der Waals surface area (Å²) in [7, 11) is 1.56. The van der Waals surface area contributed by atoms with E-state index in [4.69, 9.17) is 25.6 Å². The summed E-state index contributed by atoms with van der Waals surface area (Å²) in [5, 5.41) is 15.2. The average molecular weight is 362 g/mol. The van der Waals surface area contributed by atoms with E-state index in [0.717, 1.165) is 0 Å². The van der Waals surface area contributed by atoms with Crippen LogP contribution in [0.5, 0.6) is 11.5 Å². The summed E-state index contributed by atoms with van der Waals surface area (Å²) in [6, 6.07) is 11.3. The largest absolute Gasteiger partial charge is 0.497 e. The fraction of sp³-hybridized carbons (Fsp3) is 0.125. The van der Waals surface area contributed by atoms with Gasteiger partial charge in [-0.3, -0.25) is 10.1 Å². The number of ether oxygens (including phenoxy) is 2. The summed E-state index contributed by atoms with van der Waals surface area (Å²) in [6.45, 7) is -0.112. The smallest absolute Gasteiger partial charge is 0.312 e. The second kappa shape index (κ2) is 7.18. The van der Waals surface area contributed by atoms with Gasteiger partial charge in [0.05, 0.1) is 12.0 Å².